The van der Waals surface area contributed by atoms with Gasteiger partial charge in [0.05, 0.1) is 23.2 Å². The largest absolute Gasteiger partial charge is 0.363 e. The summed E-state index contributed by atoms with van der Waals surface area (Å²) in [5.41, 5.74) is 4.91. The fourth-order valence-corrected chi connectivity index (χ4v) is 2.37. The van der Waals surface area contributed by atoms with Crippen LogP contribution in [0.1, 0.15) is 17.0 Å². The molecule has 0 saturated carbocycles. The van der Waals surface area contributed by atoms with E-state index < -0.39 is 5.69 Å². The van der Waals surface area contributed by atoms with Crippen molar-refractivity contribution >= 4 is 23.6 Å². The molecular formula is C15H14ClN7O. The molecule has 0 fully saturated rings. The quantitative estimate of drug-likeness (QED) is 0.558. The molecular weight excluding hydrogens is 330 g/mol. The van der Waals surface area contributed by atoms with Crippen molar-refractivity contribution in [1.82, 2.24) is 25.0 Å². The molecule has 0 amide bonds. The first-order valence-corrected chi connectivity index (χ1v) is 7.47. The van der Waals surface area contributed by atoms with Crippen LogP contribution in [0.25, 0.3) is 5.69 Å². The average molecular weight is 344 g/mol. The van der Waals surface area contributed by atoms with E-state index in [4.69, 9.17) is 11.6 Å². The van der Waals surface area contributed by atoms with Crippen molar-refractivity contribution in [3.8, 4) is 5.69 Å². The van der Waals surface area contributed by atoms with Crippen LogP contribution in [0.15, 0.2) is 40.2 Å². The number of hydrogen-bond donors (Lipinski definition) is 2. The number of aromatic nitrogens is 5. The summed E-state index contributed by atoms with van der Waals surface area (Å²) in [7, 11) is 0. The van der Waals surface area contributed by atoms with Gasteiger partial charge in [-0.05, 0) is 26.0 Å². The normalized spacial score (nSPS) is 11.1. The highest BCUT2D eigenvalue weighted by Gasteiger charge is 2.13. The van der Waals surface area contributed by atoms with Crippen molar-refractivity contribution in [2.75, 3.05) is 5.43 Å². The van der Waals surface area contributed by atoms with E-state index in [9.17, 15) is 4.79 Å². The Hall–Kier alpha value is -3.00. The fourth-order valence-electron chi connectivity index (χ4n) is 2.05. The van der Waals surface area contributed by atoms with Gasteiger partial charge in [-0.1, -0.05) is 29.8 Å². The Morgan fingerprint density at radius 3 is 2.75 bits per heavy atom. The van der Waals surface area contributed by atoms with E-state index in [0.29, 0.717) is 16.4 Å². The third-order valence-corrected chi connectivity index (χ3v) is 3.65. The van der Waals surface area contributed by atoms with Gasteiger partial charge in [0.2, 0.25) is 0 Å². The monoisotopic (exact) mass is 343 g/mol. The zero-order valence-corrected chi connectivity index (χ0v) is 13.7. The van der Waals surface area contributed by atoms with Crippen LogP contribution in [0.3, 0.4) is 0 Å². The van der Waals surface area contributed by atoms with E-state index in [1.165, 1.54) is 6.21 Å². The lowest BCUT2D eigenvalue weighted by atomic mass is 10.3. The van der Waals surface area contributed by atoms with Crippen molar-refractivity contribution in [3.05, 3.63) is 62.9 Å². The van der Waals surface area contributed by atoms with E-state index in [2.05, 4.69) is 30.8 Å². The van der Waals surface area contributed by atoms with Gasteiger partial charge in [0, 0.05) is 0 Å². The zero-order valence-electron chi connectivity index (χ0n) is 13.0. The summed E-state index contributed by atoms with van der Waals surface area (Å²) in [6.45, 7) is 3.54. The Bertz CT molecular complexity index is 946. The number of aryl methyl sites for hydroxylation is 2. The van der Waals surface area contributed by atoms with Crippen molar-refractivity contribution in [2.24, 2.45) is 5.10 Å². The summed E-state index contributed by atoms with van der Waals surface area (Å²) >= 11 is 6.40. The summed E-state index contributed by atoms with van der Waals surface area (Å²) in [6, 6.07) is 9.56. The summed E-state index contributed by atoms with van der Waals surface area (Å²) < 4.78 is 1.64. The zero-order chi connectivity index (χ0) is 17.1. The highest BCUT2D eigenvalue weighted by atomic mass is 35.5. The van der Waals surface area contributed by atoms with Crippen molar-refractivity contribution in [2.45, 2.75) is 13.8 Å². The van der Waals surface area contributed by atoms with Gasteiger partial charge >= 0.3 is 5.69 Å². The Morgan fingerprint density at radius 2 is 2.00 bits per heavy atom. The Labute approximate surface area is 142 Å². The first kappa shape index (κ1) is 15.9. The van der Waals surface area contributed by atoms with Gasteiger partial charge in [-0.3, -0.25) is 5.43 Å². The molecule has 0 radical (unpaired) electrons. The number of hydrogen-bond acceptors (Lipinski definition) is 6. The molecule has 9 heteroatoms. The number of hydrazone groups is 1. The molecule has 3 rings (SSSR count). The molecule has 8 nitrogen and oxygen atoms in total. The molecule has 0 bridgehead atoms. The third-order valence-electron chi connectivity index (χ3n) is 3.29. The van der Waals surface area contributed by atoms with Gasteiger partial charge in [0.1, 0.15) is 10.8 Å². The Kier molecular flexibility index (Phi) is 4.39. The molecule has 0 aliphatic heterocycles. The van der Waals surface area contributed by atoms with Crippen LogP contribution in [0.2, 0.25) is 5.15 Å². The van der Waals surface area contributed by atoms with Crippen LogP contribution in [-0.4, -0.2) is 31.2 Å². The Balaban J connectivity index is 1.87. The molecule has 0 aliphatic rings. The van der Waals surface area contributed by atoms with Crippen LogP contribution in [0.4, 0.5) is 5.82 Å². The average Bonchev–Trinajstić information content (AvgIpc) is 2.87. The maximum atomic E-state index is 11.2. The maximum absolute atomic E-state index is 11.2. The lowest BCUT2D eigenvalue weighted by Gasteiger charge is -2.02. The van der Waals surface area contributed by atoms with Crippen molar-refractivity contribution in [1.29, 1.82) is 0 Å². The summed E-state index contributed by atoms with van der Waals surface area (Å²) in [6.07, 6.45) is 1.53. The standard InChI is InChI=1S/C15H14ClN7O/c1-9-12(8-17-20-14-10(2)19-21-15(24)18-14)13(16)23(22-9)11-6-4-3-5-7-11/h3-8H,1-2H3,(H2,18,20,21,24). The number of halogens is 1. The first-order valence-electron chi connectivity index (χ1n) is 7.09. The van der Waals surface area contributed by atoms with Gasteiger partial charge in [-0.25, -0.2) is 14.6 Å². The molecule has 0 aliphatic carbocycles. The van der Waals surface area contributed by atoms with E-state index in [0.717, 1.165) is 11.4 Å². The Morgan fingerprint density at radius 1 is 1.25 bits per heavy atom. The molecule has 2 N–H and O–H groups in total. The first-order chi connectivity index (χ1) is 11.6. The van der Waals surface area contributed by atoms with Gasteiger partial charge in [-0.15, -0.1) is 0 Å². The number of aromatic amines is 1. The second kappa shape index (κ2) is 6.63. The number of para-hydroxylation sites is 1. The molecule has 0 spiro atoms. The summed E-state index contributed by atoms with van der Waals surface area (Å²) in [4.78, 5) is 14.9. The predicted octanol–water partition coefficient (Wildman–Crippen LogP) is 2.07. The van der Waals surface area contributed by atoms with Gasteiger partial charge in [0.15, 0.2) is 5.82 Å². The number of H-pyrrole nitrogens is 1. The van der Waals surface area contributed by atoms with E-state index in [-0.39, 0.29) is 5.82 Å². The second-order valence-electron chi connectivity index (χ2n) is 4.98. The smallest absolute Gasteiger partial charge is 0.260 e. The van der Waals surface area contributed by atoms with Crippen molar-refractivity contribution < 1.29 is 0 Å². The minimum absolute atomic E-state index is 0.277. The molecule has 122 valence electrons. The minimum atomic E-state index is -0.551. The fraction of sp³-hybridized carbons (Fsp3) is 0.133. The molecule has 24 heavy (non-hydrogen) atoms. The molecule has 0 unspecified atom stereocenters. The molecule has 2 aromatic heterocycles. The van der Waals surface area contributed by atoms with Crippen LogP contribution in [0, 0.1) is 13.8 Å². The molecule has 3 aromatic rings. The van der Waals surface area contributed by atoms with E-state index >= 15 is 0 Å². The van der Waals surface area contributed by atoms with Crippen LogP contribution < -0.4 is 11.1 Å². The maximum Gasteiger partial charge on any atom is 0.363 e. The number of anilines is 1. The molecule has 0 saturated heterocycles. The molecule has 2 heterocycles. The topological polar surface area (TPSA) is 101 Å². The van der Waals surface area contributed by atoms with Gasteiger partial charge in [-0.2, -0.15) is 20.3 Å². The molecule has 0 atom stereocenters. The number of rotatable bonds is 4. The van der Waals surface area contributed by atoms with Crippen LogP contribution in [-0.2, 0) is 0 Å². The lowest BCUT2D eigenvalue weighted by molar-refractivity contribution is 0.863. The summed E-state index contributed by atoms with van der Waals surface area (Å²) in [5.74, 6) is 0.277. The second-order valence-corrected chi connectivity index (χ2v) is 5.34. The SMILES string of the molecule is Cc1n[nH]c(=O)nc1NN=Cc1c(C)nn(-c2ccccc2)c1Cl. The number of nitrogens with zero attached hydrogens (tertiary/aromatic N) is 5. The van der Waals surface area contributed by atoms with Crippen LogP contribution >= 0.6 is 11.6 Å². The van der Waals surface area contributed by atoms with E-state index in [1.54, 1.807) is 11.6 Å². The van der Waals surface area contributed by atoms with Gasteiger partial charge in [0.25, 0.3) is 0 Å². The number of nitrogens with one attached hydrogen (secondary N) is 2. The number of benzene rings is 1. The summed E-state index contributed by atoms with van der Waals surface area (Å²) in [5, 5.41) is 15.0. The third kappa shape index (κ3) is 3.18. The van der Waals surface area contributed by atoms with Crippen LogP contribution in [0.5, 0.6) is 0 Å². The lowest BCUT2D eigenvalue weighted by Crippen LogP contribution is -2.15. The molecule has 1 aromatic carbocycles. The van der Waals surface area contributed by atoms with Crippen molar-refractivity contribution in [3.63, 3.8) is 0 Å². The highest BCUT2D eigenvalue weighted by molar-refractivity contribution is 6.32. The minimum Gasteiger partial charge on any atom is -0.260 e. The highest BCUT2D eigenvalue weighted by Crippen LogP contribution is 2.21. The predicted molar refractivity (Wildman–Crippen MR) is 91.9 cm³/mol. The van der Waals surface area contributed by atoms with E-state index in [1.807, 2.05) is 37.3 Å². The van der Waals surface area contributed by atoms with Gasteiger partial charge < -0.3 is 0 Å².